The first-order valence-electron chi connectivity index (χ1n) is 5.50. The molecule has 0 bridgehead atoms. The summed E-state index contributed by atoms with van der Waals surface area (Å²) in [5.74, 6) is 0. The number of nitrogens with zero attached hydrogens (tertiary/aromatic N) is 1. The monoisotopic (exact) mass is 251 g/mol. The number of morpholine rings is 1. The van der Waals surface area contributed by atoms with Gasteiger partial charge in [-0.15, -0.1) is 0 Å². The maximum Gasteiger partial charge on any atom is 0.279 e. The molecule has 7 heteroatoms. The Morgan fingerprint density at radius 1 is 1.25 bits per heavy atom. The Kier molecular flexibility index (Phi) is 5.13. The molecule has 0 spiro atoms. The number of hydrogen-bond acceptors (Lipinski definition) is 4. The minimum absolute atomic E-state index is 0.0513. The molecule has 1 aliphatic heterocycles. The Morgan fingerprint density at radius 2 is 1.81 bits per heavy atom. The Morgan fingerprint density at radius 3 is 2.31 bits per heavy atom. The molecule has 0 aromatic heterocycles. The summed E-state index contributed by atoms with van der Waals surface area (Å²) < 4.78 is 33.3. The van der Waals surface area contributed by atoms with Crippen LogP contribution in [0.15, 0.2) is 0 Å². The molecule has 6 nitrogen and oxygen atoms in total. The van der Waals surface area contributed by atoms with Gasteiger partial charge in [0.2, 0.25) is 0 Å². The fraction of sp³-hybridized carbons (Fsp3) is 1.00. The summed E-state index contributed by atoms with van der Waals surface area (Å²) in [6, 6.07) is 0. The lowest BCUT2D eigenvalue weighted by molar-refractivity contribution is -0.0443. The number of hydrogen-bond donors (Lipinski definition) is 2. The topological polar surface area (TPSA) is 70.7 Å². The van der Waals surface area contributed by atoms with E-state index in [1.165, 1.54) is 4.31 Å². The number of rotatable bonds is 5. The van der Waals surface area contributed by atoms with Crippen molar-refractivity contribution in [2.45, 2.75) is 26.1 Å². The van der Waals surface area contributed by atoms with Crippen LogP contribution in [0.5, 0.6) is 0 Å². The molecule has 0 aliphatic carbocycles. The molecule has 0 saturated carbocycles. The van der Waals surface area contributed by atoms with Gasteiger partial charge < -0.3 is 10.1 Å². The molecular weight excluding hydrogens is 230 g/mol. The lowest BCUT2D eigenvalue weighted by Gasteiger charge is -2.34. The van der Waals surface area contributed by atoms with Gasteiger partial charge in [-0.05, 0) is 20.9 Å². The first-order chi connectivity index (χ1) is 7.45. The highest BCUT2D eigenvalue weighted by atomic mass is 32.2. The first-order valence-corrected chi connectivity index (χ1v) is 6.94. The van der Waals surface area contributed by atoms with Crippen LogP contribution in [0.4, 0.5) is 0 Å². The van der Waals surface area contributed by atoms with Gasteiger partial charge in [-0.3, -0.25) is 0 Å². The van der Waals surface area contributed by atoms with Crippen molar-refractivity contribution in [3.8, 4) is 0 Å². The van der Waals surface area contributed by atoms with E-state index in [1.807, 2.05) is 13.8 Å². The lowest BCUT2D eigenvalue weighted by atomic mass is 10.3. The molecule has 1 fully saturated rings. The molecule has 1 rings (SSSR count). The van der Waals surface area contributed by atoms with Crippen molar-refractivity contribution >= 4 is 10.2 Å². The molecule has 1 heterocycles. The fourth-order valence-corrected chi connectivity index (χ4v) is 3.08. The lowest BCUT2D eigenvalue weighted by Crippen LogP contribution is -2.52. The van der Waals surface area contributed by atoms with E-state index in [0.717, 1.165) is 0 Å². The van der Waals surface area contributed by atoms with Crippen LogP contribution in [0.2, 0.25) is 0 Å². The average molecular weight is 251 g/mol. The van der Waals surface area contributed by atoms with Crippen molar-refractivity contribution in [2.75, 3.05) is 33.2 Å². The third-order valence-corrected chi connectivity index (χ3v) is 3.93. The van der Waals surface area contributed by atoms with Gasteiger partial charge >= 0.3 is 0 Å². The summed E-state index contributed by atoms with van der Waals surface area (Å²) in [5, 5.41) is 2.89. The van der Waals surface area contributed by atoms with Gasteiger partial charge in [0.15, 0.2) is 0 Å². The molecule has 0 aromatic carbocycles. The van der Waals surface area contributed by atoms with Crippen LogP contribution in [-0.2, 0) is 14.9 Å². The molecule has 1 saturated heterocycles. The van der Waals surface area contributed by atoms with E-state index < -0.39 is 10.2 Å². The van der Waals surface area contributed by atoms with Crippen molar-refractivity contribution in [2.24, 2.45) is 0 Å². The Hall–Kier alpha value is -0.210. The highest BCUT2D eigenvalue weighted by Gasteiger charge is 2.30. The van der Waals surface area contributed by atoms with E-state index in [1.54, 1.807) is 7.05 Å². The van der Waals surface area contributed by atoms with E-state index in [0.29, 0.717) is 26.2 Å². The Balaban J connectivity index is 2.53. The fourth-order valence-electron chi connectivity index (χ4n) is 1.72. The quantitative estimate of drug-likeness (QED) is 0.624. The van der Waals surface area contributed by atoms with Crippen LogP contribution >= 0.6 is 0 Å². The van der Waals surface area contributed by atoms with Crippen molar-refractivity contribution in [1.82, 2.24) is 14.3 Å². The summed E-state index contributed by atoms with van der Waals surface area (Å²) >= 11 is 0. The van der Waals surface area contributed by atoms with Gasteiger partial charge in [-0.1, -0.05) is 0 Å². The standard InChI is InChI=1S/C9H21N3O3S/c1-8-6-12(7-9(2)15-8)16(13,14)11-5-4-10-3/h8-11H,4-7H2,1-3H3. The van der Waals surface area contributed by atoms with Gasteiger partial charge in [0.1, 0.15) is 0 Å². The summed E-state index contributed by atoms with van der Waals surface area (Å²) in [4.78, 5) is 0. The van der Waals surface area contributed by atoms with Gasteiger partial charge in [0.25, 0.3) is 10.2 Å². The van der Waals surface area contributed by atoms with E-state index in [9.17, 15) is 8.42 Å². The number of ether oxygens (including phenoxy) is 1. The third-order valence-electron chi connectivity index (χ3n) is 2.39. The molecule has 0 amide bonds. The molecule has 2 unspecified atom stereocenters. The van der Waals surface area contributed by atoms with Crippen LogP contribution in [-0.4, -0.2) is 58.2 Å². The predicted octanol–water partition coefficient (Wildman–Crippen LogP) is -0.851. The number of likely N-dealkylation sites (N-methyl/N-ethyl adjacent to an activating group) is 1. The molecule has 2 N–H and O–H groups in total. The van der Waals surface area contributed by atoms with Crippen LogP contribution < -0.4 is 10.0 Å². The minimum atomic E-state index is -3.36. The van der Waals surface area contributed by atoms with Crippen molar-refractivity contribution in [3.05, 3.63) is 0 Å². The van der Waals surface area contributed by atoms with Gasteiger partial charge in [-0.2, -0.15) is 12.7 Å². The first kappa shape index (κ1) is 13.9. The van der Waals surface area contributed by atoms with E-state index in [2.05, 4.69) is 10.0 Å². The molecular formula is C9H21N3O3S. The van der Waals surface area contributed by atoms with Gasteiger partial charge in [0, 0.05) is 26.2 Å². The zero-order chi connectivity index (χ0) is 12.2. The van der Waals surface area contributed by atoms with E-state index >= 15 is 0 Å². The van der Waals surface area contributed by atoms with Gasteiger partial charge in [0.05, 0.1) is 12.2 Å². The maximum absolute atomic E-state index is 11.9. The third kappa shape index (κ3) is 3.99. The number of nitrogens with one attached hydrogen (secondary N) is 2. The minimum Gasteiger partial charge on any atom is -0.373 e. The Labute approximate surface area is 97.5 Å². The van der Waals surface area contributed by atoms with Crippen LogP contribution in [0.3, 0.4) is 0 Å². The summed E-state index contributed by atoms with van der Waals surface area (Å²) in [7, 11) is -1.57. The normalized spacial score (nSPS) is 28.2. The summed E-state index contributed by atoms with van der Waals surface area (Å²) in [5.41, 5.74) is 0. The average Bonchev–Trinajstić information content (AvgIpc) is 2.16. The van der Waals surface area contributed by atoms with Crippen molar-refractivity contribution < 1.29 is 13.2 Å². The molecule has 0 aromatic rings. The zero-order valence-corrected chi connectivity index (χ0v) is 10.9. The maximum atomic E-state index is 11.9. The molecule has 96 valence electrons. The van der Waals surface area contributed by atoms with Crippen LogP contribution in [0.25, 0.3) is 0 Å². The molecule has 16 heavy (non-hydrogen) atoms. The SMILES string of the molecule is CNCCNS(=O)(=O)N1CC(C)OC(C)C1. The predicted molar refractivity (Wildman–Crippen MR) is 62.4 cm³/mol. The summed E-state index contributed by atoms with van der Waals surface area (Å²) in [6.45, 7) is 5.61. The highest BCUT2D eigenvalue weighted by Crippen LogP contribution is 2.13. The second-order valence-electron chi connectivity index (χ2n) is 4.08. The molecule has 0 radical (unpaired) electrons. The van der Waals surface area contributed by atoms with E-state index in [-0.39, 0.29) is 12.2 Å². The van der Waals surface area contributed by atoms with Crippen molar-refractivity contribution in [3.63, 3.8) is 0 Å². The van der Waals surface area contributed by atoms with Gasteiger partial charge in [-0.25, -0.2) is 4.72 Å². The summed E-state index contributed by atoms with van der Waals surface area (Å²) in [6.07, 6.45) is -0.103. The van der Waals surface area contributed by atoms with Crippen LogP contribution in [0, 0.1) is 0 Å². The molecule has 2 atom stereocenters. The molecule has 1 aliphatic rings. The second kappa shape index (κ2) is 5.92. The smallest absolute Gasteiger partial charge is 0.279 e. The second-order valence-corrected chi connectivity index (χ2v) is 5.83. The zero-order valence-electron chi connectivity index (χ0n) is 10.1. The highest BCUT2D eigenvalue weighted by molar-refractivity contribution is 7.87. The Bertz CT molecular complexity index is 297. The van der Waals surface area contributed by atoms with E-state index in [4.69, 9.17) is 4.74 Å². The van der Waals surface area contributed by atoms with Crippen molar-refractivity contribution in [1.29, 1.82) is 0 Å². The largest absolute Gasteiger partial charge is 0.373 e. The van der Waals surface area contributed by atoms with Crippen LogP contribution in [0.1, 0.15) is 13.8 Å².